The van der Waals surface area contributed by atoms with Crippen LogP contribution in [0, 0.1) is 6.92 Å². The minimum Gasteiger partial charge on any atom is -0.325 e. The normalized spacial score (nSPS) is 18.0. The molecule has 1 amide bonds. The van der Waals surface area contributed by atoms with Gasteiger partial charge in [0.1, 0.15) is 6.04 Å². The number of hydrogen-bond donors (Lipinski definition) is 1. The van der Waals surface area contributed by atoms with E-state index in [1.54, 1.807) is 6.07 Å². The quantitative estimate of drug-likeness (QED) is 0.748. The van der Waals surface area contributed by atoms with E-state index >= 15 is 0 Å². The van der Waals surface area contributed by atoms with Gasteiger partial charge in [0.2, 0.25) is 15.9 Å². The number of nitrogens with zero attached hydrogens (tertiary/aromatic N) is 1. The number of amides is 1. The van der Waals surface area contributed by atoms with Crippen LogP contribution in [-0.2, 0) is 14.8 Å². The molecule has 1 atom stereocenters. The largest absolute Gasteiger partial charge is 0.325 e. The van der Waals surface area contributed by atoms with E-state index in [4.69, 9.17) is 11.6 Å². The van der Waals surface area contributed by atoms with Crippen LogP contribution < -0.4 is 5.32 Å². The first-order valence-electron chi connectivity index (χ1n) is 8.13. The molecule has 1 saturated heterocycles. The van der Waals surface area contributed by atoms with E-state index < -0.39 is 16.1 Å². The van der Waals surface area contributed by atoms with Crippen molar-refractivity contribution in [3.05, 3.63) is 57.5 Å². The average molecular weight is 458 g/mol. The van der Waals surface area contributed by atoms with E-state index in [1.807, 2.05) is 19.1 Å². The highest BCUT2D eigenvalue weighted by molar-refractivity contribution is 9.10. The number of benzene rings is 2. The van der Waals surface area contributed by atoms with Gasteiger partial charge in [-0.25, -0.2) is 8.42 Å². The lowest BCUT2D eigenvalue weighted by Gasteiger charge is -2.23. The molecule has 3 rings (SSSR count). The Morgan fingerprint density at radius 2 is 1.92 bits per heavy atom. The molecule has 1 fully saturated rings. The summed E-state index contributed by atoms with van der Waals surface area (Å²) >= 11 is 9.26. The predicted molar refractivity (Wildman–Crippen MR) is 106 cm³/mol. The van der Waals surface area contributed by atoms with Crippen molar-refractivity contribution in [2.75, 3.05) is 11.9 Å². The number of carbonyl (C=O) groups excluding carboxylic acids is 1. The van der Waals surface area contributed by atoms with E-state index in [0.29, 0.717) is 30.1 Å². The number of nitrogens with one attached hydrogen (secondary N) is 1. The van der Waals surface area contributed by atoms with Crippen LogP contribution in [0.5, 0.6) is 0 Å². The lowest BCUT2D eigenvalue weighted by Crippen LogP contribution is -2.43. The fourth-order valence-corrected chi connectivity index (χ4v) is 5.01. The van der Waals surface area contributed by atoms with Gasteiger partial charge in [0, 0.05) is 21.7 Å². The first-order chi connectivity index (χ1) is 12.3. The second-order valence-corrected chi connectivity index (χ2v) is 9.36. The minimum atomic E-state index is -3.75. The van der Waals surface area contributed by atoms with Crippen LogP contribution in [0.3, 0.4) is 0 Å². The highest BCUT2D eigenvalue weighted by atomic mass is 79.9. The van der Waals surface area contributed by atoms with Gasteiger partial charge in [-0.15, -0.1) is 0 Å². The predicted octanol–water partition coefficient (Wildman–Crippen LogP) is 4.20. The van der Waals surface area contributed by atoms with Gasteiger partial charge >= 0.3 is 0 Å². The third kappa shape index (κ3) is 3.96. The Bertz CT molecular complexity index is 932. The molecule has 0 radical (unpaired) electrons. The summed E-state index contributed by atoms with van der Waals surface area (Å²) in [7, 11) is -3.75. The van der Waals surface area contributed by atoms with Crippen LogP contribution in [0.4, 0.5) is 5.69 Å². The van der Waals surface area contributed by atoms with Crippen LogP contribution in [-0.4, -0.2) is 31.2 Å². The Hall–Kier alpha value is -1.41. The van der Waals surface area contributed by atoms with Crippen molar-refractivity contribution in [1.82, 2.24) is 4.31 Å². The van der Waals surface area contributed by atoms with Crippen molar-refractivity contribution in [3.8, 4) is 0 Å². The molecule has 0 aromatic heterocycles. The summed E-state index contributed by atoms with van der Waals surface area (Å²) in [6.07, 6.45) is 1.14. The minimum absolute atomic E-state index is 0.140. The zero-order valence-electron chi connectivity index (χ0n) is 14.1. The van der Waals surface area contributed by atoms with Gasteiger partial charge in [0.05, 0.1) is 4.90 Å². The summed E-state index contributed by atoms with van der Waals surface area (Å²) in [4.78, 5) is 12.8. The fraction of sp³-hybridized carbons (Fsp3) is 0.278. The van der Waals surface area contributed by atoms with Crippen LogP contribution in [0.2, 0.25) is 5.02 Å². The number of anilines is 1. The lowest BCUT2D eigenvalue weighted by atomic mass is 10.2. The van der Waals surface area contributed by atoms with Gasteiger partial charge in [0.15, 0.2) is 0 Å². The molecule has 1 aliphatic heterocycles. The number of halogens is 2. The molecule has 26 heavy (non-hydrogen) atoms. The summed E-state index contributed by atoms with van der Waals surface area (Å²) in [5, 5.41) is 3.29. The standard InChI is InChI=1S/C18H18BrClN2O3S/c1-12-11-14(6-9-16(12)19)21-18(23)17-3-2-10-22(17)26(24,25)15-7-4-13(20)5-8-15/h4-9,11,17H,2-3,10H2,1H3,(H,21,23). The molecule has 2 aromatic carbocycles. The summed E-state index contributed by atoms with van der Waals surface area (Å²) in [5.41, 5.74) is 1.63. The van der Waals surface area contributed by atoms with E-state index in [0.717, 1.165) is 10.0 Å². The van der Waals surface area contributed by atoms with Gasteiger partial charge in [-0.05, 0) is 67.8 Å². The Morgan fingerprint density at radius 1 is 1.23 bits per heavy atom. The molecule has 8 heteroatoms. The molecule has 1 aliphatic rings. The molecule has 1 N–H and O–H groups in total. The Balaban J connectivity index is 1.81. The topological polar surface area (TPSA) is 66.5 Å². The van der Waals surface area contributed by atoms with Crippen molar-refractivity contribution in [2.24, 2.45) is 0 Å². The smallest absolute Gasteiger partial charge is 0.243 e. The van der Waals surface area contributed by atoms with Crippen molar-refractivity contribution < 1.29 is 13.2 Å². The first-order valence-corrected chi connectivity index (χ1v) is 10.7. The van der Waals surface area contributed by atoms with Crippen LogP contribution in [0.15, 0.2) is 51.8 Å². The first kappa shape index (κ1) is 19.4. The van der Waals surface area contributed by atoms with E-state index in [9.17, 15) is 13.2 Å². The number of carbonyl (C=O) groups is 1. The maximum atomic E-state index is 12.9. The van der Waals surface area contributed by atoms with Gasteiger partial charge < -0.3 is 5.32 Å². The Labute approximate surface area is 166 Å². The van der Waals surface area contributed by atoms with Crippen molar-refractivity contribution in [1.29, 1.82) is 0 Å². The van der Waals surface area contributed by atoms with Gasteiger partial charge in [-0.3, -0.25) is 4.79 Å². The summed E-state index contributed by atoms with van der Waals surface area (Å²) in [5.74, 6) is -0.318. The maximum absolute atomic E-state index is 12.9. The maximum Gasteiger partial charge on any atom is 0.243 e. The molecule has 0 bridgehead atoms. The number of hydrogen-bond acceptors (Lipinski definition) is 3. The zero-order valence-corrected chi connectivity index (χ0v) is 17.2. The highest BCUT2D eigenvalue weighted by Gasteiger charge is 2.39. The number of rotatable bonds is 4. The summed E-state index contributed by atoms with van der Waals surface area (Å²) in [6.45, 7) is 2.25. The molecule has 5 nitrogen and oxygen atoms in total. The van der Waals surface area contributed by atoms with E-state index in [-0.39, 0.29) is 10.8 Å². The third-order valence-electron chi connectivity index (χ3n) is 4.35. The summed E-state index contributed by atoms with van der Waals surface area (Å²) < 4.78 is 28.0. The SMILES string of the molecule is Cc1cc(NC(=O)C2CCCN2S(=O)(=O)c2ccc(Cl)cc2)ccc1Br. The van der Waals surface area contributed by atoms with Gasteiger partial charge in [-0.2, -0.15) is 4.31 Å². The third-order valence-corrected chi connectivity index (χ3v) is 7.42. The molecule has 138 valence electrons. The van der Waals surface area contributed by atoms with E-state index in [1.165, 1.54) is 28.6 Å². The zero-order chi connectivity index (χ0) is 18.9. The van der Waals surface area contributed by atoms with Crippen molar-refractivity contribution in [3.63, 3.8) is 0 Å². The Morgan fingerprint density at radius 3 is 2.58 bits per heavy atom. The van der Waals surface area contributed by atoms with Crippen LogP contribution in [0.1, 0.15) is 18.4 Å². The highest BCUT2D eigenvalue weighted by Crippen LogP contribution is 2.28. The fourth-order valence-electron chi connectivity index (χ4n) is 2.98. The molecule has 2 aromatic rings. The number of sulfonamides is 1. The second kappa shape index (κ2) is 7.68. The van der Waals surface area contributed by atoms with Crippen LogP contribution >= 0.6 is 27.5 Å². The second-order valence-electron chi connectivity index (χ2n) is 6.18. The molecule has 0 saturated carbocycles. The molecule has 0 spiro atoms. The van der Waals surface area contributed by atoms with E-state index in [2.05, 4.69) is 21.2 Å². The lowest BCUT2D eigenvalue weighted by molar-refractivity contribution is -0.119. The van der Waals surface area contributed by atoms with Crippen LogP contribution in [0.25, 0.3) is 0 Å². The molecule has 0 aliphatic carbocycles. The van der Waals surface area contributed by atoms with Gasteiger partial charge in [0.25, 0.3) is 0 Å². The van der Waals surface area contributed by atoms with Crippen molar-refractivity contribution >= 4 is 49.1 Å². The molecular formula is C18H18BrClN2O3S. The van der Waals surface area contributed by atoms with Gasteiger partial charge in [-0.1, -0.05) is 27.5 Å². The molecule has 1 unspecified atom stereocenters. The monoisotopic (exact) mass is 456 g/mol. The Kier molecular flexibility index (Phi) is 5.72. The average Bonchev–Trinajstić information content (AvgIpc) is 3.09. The number of aryl methyl sites for hydroxylation is 1. The molecular weight excluding hydrogens is 440 g/mol. The molecule has 1 heterocycles. The van der Waals surface area contributed by atoms with Crippen molar-refractivity contribution in [2.45, 2.75) is 30.7 Å². The summed E-state index contributed by atoms with van der Waals surface area (Å²) in [6, 6.07) is 10.7.